The number of rotatable bonds is 4. The van der Waals surface area contributed by atoms with Gasteiger partial charge in [-0.2, -0.15) is 10.1 Å². The average Bonchev–Trinajstić information content (AvgIpc) is 3.21. The van der Waals surface area contributed by atoms with Crippen molar-refractivity contribution in [2.45, 2.75) is 11.8 Å². The van der Waals surface area contributed by atoms with Gasteiger partial charge in [-0.25, -0.2) is 0 Å². The number of hydrazone groups is 1. The van der Waals surface area contributed by atoms with Crippen molar-refractivity contribution in [1.29, 1.82) is 0 Å². The molecule has 9 heteroatoms. The fourth-order valence-electron chi connectivity index (χ4n) is 6.75. The number of nitro groups is 1. The summed E-state index contributed by atoms with van der Waals surface area (Å²) in [6.45, 7) is 2.35. The van der Waals surface area contributed by atoms with E-state index in [1.165, 1.54) is 18.3 Å². The molecule has 2 fully saturated rings. The van der Waals surface area contributed by atoms with Crippen molar-refractivity contribution < 1.29 is 19.2 Å². The highest BCUT2D eigenvalue weighted by molar-refractivity contribution is 6.08. The van der Waals surface area contributed by atoms with Crippen molar-refractivity contribution in [3.8, 4) is 0 Å². The maximum absolute atomic E-state index is 13.8. The molecule has 3 aromatic carbocycles. The van der Waals surface area contributed by atoms with Crippen molar-refractivity contribution >= 4 is 29.4 Å². The molecule has 2 bridgehead atoms. The number of morpholine rings is 1. The van der Waals surface area contributed by atoms with Gasteiger partial charge in [0, 0.05) is 48.3 Å². The van der Waals surface area contributed by atoms with Crippen LogP contribution in [0.5, 0.6) is 0 Å². The fourth-order valence-corrected chi connectivity index (χ4v) is 6.75. The second-order valence-electron chi connectivity index (χ2n) is 10.1. The maximum atomic E-state index is 13.8. The molecule has 2 amide bonds. The zero-order valence-electron chi connectivity index (χ0n) is 20.4. The number of imide groups is 1. The molecule has 3 aliphatic carbocycles. The molecule has 3 aromatic rings. The van der Waals surface area contributed by atoms with E-state index < -0.39 is 16.8 Å². The molecule has 0 saturated carbocycles. The summed E-state index contributed by atoms with van der Waals surface area (Å²) in [4.78, 5) is 40.7. The third-order valence-corrected chi connectivity index (χ3v) is 8.31. The van der Waals surface area contributed by atoms with Gasteiger partial charge in [0.1, 0.15) is 0 Å². The largest absolute Gasteiger partial charge is 0.378 e. The minimum Gasteiger partial charge on any atom is -0.378 e. The van der Waals surface area contributed by atoms with Crippen LogP contribution in [0.25, 0.3) is 0 Å². The number of benzene rings is 3. The van der Waals surface area contributed by atoms with Gasteiger partial charge < -0.3 is 9.64 Å². The fraction of sp³-hybridized carbons (Fsp3) is 0.276. The summed E-state index contributed by atoms with van der Waals surface area (Å²) < 4.78 is 5.44. The first kappa shape index (κ1) is 22.8. The summed E-state index contributed by atoms with van der Waals surface area (Å²) in [6, 6.07) is 20.7. The second kappa shape index (κ2) is 8.59. The number of anilines is 1. The minimum atomic E-state index is -0.529. The van der Waals surface area contributed by atoms with Gasteiger partial charge in [-0.1, -0.05) is 48.5 Å². The molecule has 2 heterocycles. The quantitative estimate of drug-likeness (QED) is 0.231. The molecule has 2 atom stereocenters. The third kappa shape index (κ3) is 3.24. The lowest BCUT2D eigenvalue weighted by Crippen LogP contribution is -2.41. The highest BCUT2D eigenvalue weighted by Crippen LogP contribution is 2.60. The Morgan fingerprint density at radius 3 is 1.87 bits per heavy atom. The van der Waals surface area contributed by atoms with Crippen molar-refractivity contribution in [2.75, 3.05) is 31.2 Å². The zero-order valence-corrected chi connectivity index (χ0v) is 20.4. The zero-order chi connectivity index (χ0) is 26.0. The van der Waals surface area contributed by atoms with Gasteiger partial charge in [0.2, 0.25) is 0 Å². The lowest BCUT2D eigenvalue weighted by molar-refractivity contribution is -0.384. The first-order valence-electron chi connectivity index (χ1n) is 12.7. The van der Waals surface area contributed by atoms with Gasteiger partial charge in [0.25, 0.3) is 17.5 Å². The minimum absolute atomic E-state index is 0.0832. The van der Waals surface area contributed by atoms with Crippen LogP contribution in [0.2, 0.25) is 0 Å². The van der Waals surface area contributed by atoms with E-state index in [0.29, 0.717) is 31.9 Å². The van der Waals surface area contributed by atoms with Gasteiger partial charge >= 0.3 is 0 Å². The van der Waals surface area contributed by atoms with Crippen molar-refractivity contribution in [2.24, 2.45) is 16.9 Å². The average molecular weight is 509 g/mol. The summed E-state index contributed by atoms with van der Waals surface area (Å²) in [7, 11) is 0. The van der Waals surface area contributed by atoms with E-state index in [1.807, 2.05) is 24.3 Å². The number of carbonyl (C=O) groups is 2. The Labute approximate surface area is 218 Å². The molecule has 2 aliphatic heterocycles. The lowest BCUT2D eigenvalue weighted by atomic mass is 9.55. The summed E-state index contributed by atoms with van der Waals surface area (Å²) in [5.41, 5.74) is 5.52. The molecule has 0 unspecified atom stereocenters. The molecule has 9 nitrogen and oxygen atoms in total. The molecule has 0 aromatic heterocycles. The van der Waals surface area contributed by atoms with Crippen LogP contribution in [0, 0.1) is 22.0 Å². The summed E-state index contributed by atoms with van der Waals surface area (Å²) in [5.74, 6) is -2.13. The molecule has 5 aliphatic rings. The van der Waals surface area contributed by atoms with Gasteiger partial charge in [0.05, 0.1) is 36.2 Å². The first-order chi connectivity index (χ1) is 18.5. The number of nitro benzene ring substituents is 1. The molecule has 0 radical (unpaired) electrons. The van der Waals surface area contributed by atoms with Crippen LogP contribution >= 0.6 is 0 Å². The number of ether oxygens (including phenoxy) is 1. The van der Waals surface area contributed by atoms with Crippen LogP contribution in [0.15, 0.2) is 71.8 Å². The Balaban J connectivity index is 1.28. The highest BCUT2D eigenvalue weighted by atomic mass is 16.6. The predicted molar refractivity (Wildman–Crippen MR) is 139 cm³/mol. The molecular formula is C29H24N4O5. The van der Waals surface area contributed by atoms with Gasteiger partial charge in [0.15, 0.2) is 0 Å². The molecule has 0 N–H and O–H groups in total. The van der Waals surface area contributed by atoms with Gasteiger partial charge in [-0.3, -0.25) is 19.7 Å². The van der Waals surface area contributed by atoms with E-state index in [9.17, 15) is 19.7 Å². The van der Waals surface area contributed by atoms with E-state index in [4.69, 9.17) is 4.74 Å². The van der Waals surface area contributed by atoms with Crippen molar-refractivity contribution in [1.82, 2.24) is 5.01 Å². The first-order valence-corrected chi connectivity index (χ1v) is 12.7. The van der Waals surface area contributed by atoms with Crippen molar-refractivity contribution in [3.05, 3.63) is 105 Å². The van der Waals surface area contributed by atoms with Crippen LogP contribution in [0.4, 0.5) is 11.4 Å². The lowest BCUT2D eigenvalue weighted by Gasteiger charge is -2.45. The maximum Gasteiger partial charge on any atom is 0.270 e. The number of amides is 2. The third-order valence-electron chi connectivity index (χ3n) is 8.31. The number of nitrogens with zero attached hydrogens (tertiary/aromatic N) is 4. The van der Waals surface area contributed by atoms with Crippen LogP contribution in [-0.2, 0) is 14.3 Å². The van der Waals surface area contributed by atoms with Gasteiger partial charge in [-0.05, 0) is 28.3 Å². The molecule has 190 valence electrons. The highest BCUT2D eigenvalue weighted by Gasteiger charge is 2.61. The monoisotopic (exact) mass is 508 g/mol. The Hall–Kier alpha value is -4.37. The molecule has 2 saturated heterocycles. The topological polar surface area (TPSA) is 105 Å². The molecule has 38 heavy (non-hydrogen) atoms. The Morgan fingerprint density at radius 2 is 1.37 bits per heavy atom. The number of carbonyl (C=O) groups excluding carboxylic acids is 2. The predicted octanol–water partition coefficient (Wildman–Crippen LogP) is 3.66. The van der Waals surface area contributed by atoms with Crippen LogP contribution in [0.1, 0.15) is 39.7 Å². The van der Waals surface area contributed by atoms with E-state index in [-0.39, 0.29) is 29.3 Å². The molecule has 8 rings (SSSR count). The number of hydrogen-bond acceptors (Lipinski definition) is 7. The van der Waals surface area contributed by atoms with E-state index in [1.54, 1.807) is 6.07 Å². The molecular weight excluding hydrogens is 484 g/mol. The Bertz CT molecular complexity index is 1410. The normalized spacial score (nSPS) is 25.5. The number of hydrogen-bond donors (Lipinski definition) is 0. The van der Waals surface area contributed by atoms with Crippen molar-refractivity contribution in [3.63, 3.8) is 0 Å². The summed E-state index contributed by atoms with van der Waals surface area (Å²) >= 11 is 0. The van der Waals surface area contributed by atoms with Gasteiger partial charge in [-0.15, -0.1) is 0 Å². The van der Waals surface area contributed by atoms with Crippen LogP contribution < -0.4 is 4.90 Å². The Kier molecular flexibility index (Phi) is 5.16. The SMILES string of the molecule is O=C1[C@@H]2C3c4ccccc4C(c4ccccc43)[C@@H]2C(=O)N1/N=C\c1cc([N+](=O)[O-])ccc1N1CCOCC1. The van der Waals surface area contributed by atoms with E-state index in [2.05, 4.69) is 34.3 Å². The molecule has 0 spiro atoms. The summed E-state index contributed by atoms with van der Waals surface area (Å²) in [6.07, 6.45) is 1.41. The van der Waals surface area contributed by atoms with Crippen LogP contribution in [-0.4, -0.2) is 54.3 Å². The number of non-ortho nitro benzene ring substituents is 1. The smallest absolute Gasteiger partial charge is 0.270 e. The van der Waals surface area contributed by atoms with E-state index in [0.717, 1.165) is 33.0 Å². The Morgan fingerprint density at radius 1 is 0.842 bits per heavy atom. The van der Waals surface area contributed by atoms with E-state index >= 15 is 0 Å². The van der Waals surface area contributed by atoms with Crippen LogP contribution in [0.3, 0.4) is 0 Å². The second-order valence-corrected chi connectivity index (χ2v) is 10.1. The summed E-state index contributed by atoms with van der Waals surface area (Å²) in [5, 5.41) is 16.9. The standard InChI is InChI=1S/C29H24N4O5/c34-28-26-24-19-5-1-2-6-20(19)25(22-8-4-3-7-21(22)24)27(26)29(35)32(28)30-16-17-15-18(33(36)37)9-10-23(17)31-11-13-38-14-12-31/h1-10,15-16,24-27H,11-14H2/b30-16-/t24?,25?,26-,27+.